The fourth-order valence-corrected chi connectivity index (χ4v) is 3.95. The lowest BCUT2D eigenvalue weighted by molar-refractivity contribution is -0.126. The van der Waals surface area contributed by atoms with Gasteiger partial charge in [0.25, 0.3) is 0 Å². The molecule has 1 fully saturated rings. The monoisotopic (exact) mass is 343 g/mol. The third kappa shape index (κ3) is 3.82. The second kappa shape index (κ2) is 6.59. The zero-order chi connectivity index (χ0) is 16.4. The molecule has 1 saturated carbocycles. The number of sulfone groups is 1. The lowest BCUT2D eigenvalue weighted by atomic mass is 9.99. The highest BCUT2D eigenvalue weighted by atomic mass is 35.5. The van der Waals surface area contributed by atoms with E-state index in [0.717, 1.165) is 25.7 Å². The smallest absolute Gasteiger partial charge is 0.226 e. The van der Waals surface area contributed by atoms with Crippen LogP contribution in [0.1, 0.15) is 45.1 Å². The first kappa shape index (κ1) is 17.3. The Bertz CT molecular complexity index is 666. The Balaban J connectivity index is 2.09. The van der Waals surface area contributed by atoms with Crippen molar-refractivity contribution in [1.29, 1.82) is 0 Å². The predicted molar refractivity (Wildman–Crippen MR) is 87.6 cm³/mol. The van der Waals surface area contributed by atoms with Crippen molar-refractivity contribution >= 4 is 27.3 Å². The van der Waals surface area contributed by atoms with Gasteiger partial charge in [0.15, 0.2) is 9.84 Å². The fraction of sp³-hybridized carbons (Fsp3) is 0.562. The summed E-state index contributed by atoms with van der Waals surface area (Å²) in [5.74, 6) is 0.0906. The van der Waals surface area contributed by atoms with Gasteiger partial charge < -0.3 is 5.32 Å². The van der Waals surface area contributed by atoms with Crippen LogP contribution in [0, 0.1) is 5.41 Å². The minimum absolute atomic E-state index is 0.0265. The van der Waals surface area contributed by atoms with E-state index in [1.54, 1.807) is 19.1 Å². The van der Waals surface area contributed by atoms with Crippen LogP contribution in [0.3, 0.4) is 0 Å². The van der Waals surface area contributed by atoms with Crippen LogP contribution in [0.15, 0.2) is 23.1 Å². The van der Waals surface area contributed by atoms with E-state index < -0.39 is 9.84 Å². The zero-order valence-electron chi connectivity index (χ0n) is 13.0. The molecule has 4 nitrogen and oxygen atoms in total. The van der Waals surface area contributed by atoms with Gasteiger partial charge in [-0.05, 0) is 43.0 Å². The molecule has 122 valence electrons. The average molecular weight is 344 g/mol. The Morgan fingerprint density at radius 3 is 2.50 bits per heavy atom. The highest BCUT2D eigenvalue weighted by Crippen LogP contribution is 2.49. The second-order valence-corrected chi connectivity index (χ2v) is 8.63. The minimum Gasteiger partial charge on any atom is -0.352 e. The van der Waals surface area contributed by atoms with Gasteiger partial charge in [0.05, 0.1) is 10.6 Å². The van der Waals surface area contributed by atoms with Gasteiger partial charge >= 0.3 is 0 Å². The average Bonchev–Trinajstić information content (AvgIpc) is 3.25. The van der Waals surface area contributed by atoms with Crippen LogP contribution in [0.2, 0.25) is 5.02 Å². The van der Waals surface area contributed by atoms with Crippen LogP contribution in [-0.4, -0.2) is 20.1 Å². The van der Waals surface area contributed by atoms with Gasteiger partial charge in [-0.3, -0.25) is 4.79 Å². The molecule has 0 spiro atoms. The van der Waals surface area contributed by atoms with Gasteiger partial charge in [-0.25, -0.2) is 8.42 Å². The Labute approximate surface area is 137 Å². The van der Waals surface area contributed by atoms with Crippen LogP contribution in [0.25, 0.3) is 0 Å². The third-order valence-electron chi connectivity index (χ3n) is 4.19. The number of halogens is 1. The molecule has 0 aromatic heterocycles. The lowest BCUT2D eigenvalue weighted by Crippen LogP contribution is -2.31. The summed E-state index contributed by atoms with van der Waals surface area (Å²) in [6, 6.07) is 4.73. The molecular formula is C16H22ClNO3S. The molecule has 1 amide bonds. The number of hydrogen-bond donors (Lipinski definition) is 1. The predicted octanol–water partition coefficient (Wildman–Crippen LogP) is 3.33. The first-order valence-electron chi connectivity index (χ1n) is 7.63. The van der Waals surface area contributed by atoms with E-state index in [9.17, 15) is 13.2 Å². The van der Waals surface area contributed by atoms with Gasteiger partial charge in [0, 0.05) is 17.0 Å². The van der Waals surface area contributed by atoms with E-state index in [0.29, 0.717) is 17.1 Å². The van der Waals surface area contributed by atoms with Crippen molar-refractivity contribution in [1.82, 2.24) is 5.32 Å². The van der Waals surface area contributed by atoms with Gasteiger partial charge in [0.1, 0.15) is 0 Å². The number of nitrogens with one attached hydrogen (secondary N) is 1. The maximum absolute atomic E-state index is 12.3. The topological polar surface area (TPSA) is 63.2 Å². The molecule has 1 aromatic rings. The molecule has 0 saturated heterocycles. The van der Waals surface area contributed by atoms with E-state index in [1.807, 2.05) is 0 Å². The number of carbonyl (C=O) groups excluding carboxylic acids is 1. The molecule has 0 radical (unpaired) electrons. The Morgan fingerprint density at radius 2 is 1.95 bits per heavy atom. The van der Waals surface area contributed by atoms with Gasteiger partial charge in [-0.2, -0.15) is 0 Å². The third-order valence-corrected chi connectivity index (χ3v) is 6.12. The van der Waals surface area contributed by atoms with Gasteiger partial charge in [-0.1, -0.05) is 31.9 Å². The summed E-state index contributed by atoms with van der Waals surface area (Å²) in [4.78, 5) is 12.5. The zero-order valence-corrected chi connectivity index (χ0v) is 14.6. The minimum atomic E-state index is -3.30. The first-order valence-corrected chi connectivity index (χ1v) is 9.66. The van der Waals surface area contributed by atoms with Gasteiger partial charge in [-0.15, -0.1) is 0 Å². The van der Waals surface area contributed by atoms with E-state index in [1.165, 1.54) is 6.07 Å². The van der Waals surface area contributed by atoms with Crippen LogP contribution in [0.5, 0.6) is 0 Å². The van der Waals surface area contributed by atoms with Crippen LogP contribution >= 0.6 is 11.6 Å². The second-order valence-electron chi connectivity index (χ2n) is 5.91. The molecule has 0 atom stereocenters. The highest BCUT2D eigenvalue weighted by Gasteiger charge is 2.48. The van der Waals surface area contributed by atoms with Crippen molar-refractivity contribution in [2.45, 2.75) is 51.0 Å². The largest absolute Gasteiger partial charge is 0.352 e. The van der Waals surface area contributed by atoms with Crippen molar-refractivity contribution in [3.8, 4) is 0 Å². The number of carbonyl (C=O) groups is 1. The molecule has 2 rings (SSSR count). The fourth-order valence-electron chi connectivity index (χ4n) is 2.66. The molecule has 22 heavy (non-hydrogen) atoms. The molecule has 0 heterocycles. The summed E-state index contributed by atoms with van der Waals surface area (Å²) in [7, 11) is -3.30. The molecule has 0 bridgehead atoms. The van der Waals surface area contributed by atoms with Crippen molar-refractivity contribution < 1.29 is 13.2 Å². The molecule has 1 N–H and O–H groups in total. The van der Waals surface area contributed by atoms with E-state index in [2.05, 4.69) is 12.2 Å². The molecule has 0 aliphatic heterocycles. The van der Waals surface area contributed by atoms with Crippen LogP contribution in [-0.2, 0) is 21.2 Å². The number of hydrogen-bond acceptors (Lipinski definition) is 3. The molecule has 0 unspecified atom stereocenters. The number of benzene rings is 1. The Morgan fingerprint density at radius 1 is 1.27 bits per heavy atom. The van der Waals surface area contributed by atoms with Crippen molar-refractivity contribution in [3.05, 3.63) is 28.8 Å². The molecule has 6 heteroatoms. The first-order chi connectivity index (χ1) is 10.3. The summed E-state index contributed by atoms with van der Waals surface area (Å²) < 4.78 is 23.9. The molecular weight excluding hydrogens is 322 g/mol. The Hall–Kier alpha value is -1.07. The Kier molecular flexibility index (Phi) is 5.17. The SMILES string of the molecule is CCCC1(C(=O)NCc2cc(Cl)cc(S(=O)(=O)CC)c2)CC1. The van der Waals surface area contributed by atoms with Gasteiger partial charge in [0.2, 0.25) is 5.91 Å². The lowest BCUT2D eigenvalue weighted by Gasteiger charge is -2.14. The standard InChI is InChI=1S/C16H22ClNO3S/c1-3-5-16(6-7-16)15(19)18-11-12-8-13(17)10-14(9-12)22(20,21)4-2/h8-10H,3-7,11H2,1-2H3,(H,18,19). The highest BCUT2D eigenvalue weighted by molar-refractivity contribution is 7.91. The van der Waals surface area contributed by atoms with E-state index >= 15 is 0 Å². The summed E-state index contributed by atoms with van der Waals surface area (Å²) in [6.45, 7) is 3.97. The van der Waals surface area contributed by atoms with E-state index in [4.69, 9.17) is 11.6 Å². The molecule has 1 aliphatic rings. The summed E-state index contributed by atoms with van der Waals surface area (Å²) >= 11 is 6.00. The van der Waals surface area contributed by atoms with Crippen molar-refractivity contribution in [2.75, 3.05) is 5.75 Å². The number of amides is 1. The molecule has 1 aromatic carbocycles. The van der Waals surface area contributed by atoms with E-state index in [-0.39, 0.29) is 22.0 Å². The maximum Gasteiger partial charge on any atom is 0.226 e. The summed E-state index contributed by atoms with van der Waals surface area (Å²) in [6.07, 6.45) is 3.78. The summed E-state index contributed by atoms with van der Waals surface area (Å²) in [5.41, 5.74) is 0.520. The quantitative estimate of drug-likeness (QED) is 0.825. The van der Waals surface area contributed by atoms with Crippen LogP contribution < -0.4 is 5.32 Å². The summed E-state index contributed by atoms with van der Waals surface area (Å²) in [5, 5.41) is 3.29. The van der Waals surface area contributed by atoms with Crippen molar-refractivity contribution in [3.63, 3.8) is 0 Å². The van der Waals surface area contributed by atoms with Crippen molar-refractivity contribution in [2.24, 2.45) is 5.41 Å². The number of rotatable bonds is 7. The molecule has 1 aliphatic carbocycles. The maximum atomic E-state index is 12.3. The normalized spacial score (nSPS) is 16.3. The van der Waals surface area contributed by atoms with Crippen LogP contribution in [0.4, 0.5) is 0 Å².